The zero-order chi connectivity index (χ0) is 10.5. The summed E-state index contributed by atoms with van der Waals surface area (Å²) in [5, 5.41) is 6.37. The molecule has 3 nitrogen and oxygen atoms in total. The van der Waals surface area contributed by atoms with Crippen LogP contribution in [0, 0.1) is 0 Å². The van der Waals surface area contributed by atoms with Gasteiger partial charge in [-0.05, 0) is 30.7 Å². The Morgan fingerprint density at radius 3 is 3.20 bits per heavy atom. The molecule has 0 aromatic heterocycles. The first-order valence-corrected chi connectivity index (χ1v) is 5.50. The minimum Gasteiger partial charge on any atom is -0.493 e. The molecule has 0 radical (unpaired) electrons. The van der Waals surface area contributed by atoms with Crippen molar-refractivity contribution in [2.75, 3.05) is 26.9 Å². The quantitative estimate of drug-likeness (QED) is 0.555. The van der Waals surface area contributed by atoms with E-state index >= 15 is 0 Å². The Hall–Kier alpha value is -1.06. The highest BCUT2D eigenvalue weighted by molar-refractivity contribution is 5.39. The van der Waals surface area contributed by atoms with Crippen LogP contribution in [-0.2, 0) is 12.8 Å². The molecule has 0 fully saturated rings. The molecule has 1 aromatic rings. The van der Waals surface area contributed by atoms with Gasteiger partial charge in [-0.2, -0.15) is 0 Å². The maximum absolute atomic E-state index is 5.47. The Balaban J connectivity index is 1.87. The number of benzene rings is 1. The van der Waals surface area contributed by atoms with E-state index in [1.165, 1.54) is 11.1 Å². The first kappa shape index (κ1) is 10.5. The number of hydrogen-bond donors (Lipinski definition) is 2. The SMILES string of the molecule is CNCNCCc1ccc2c(c1)CCO2. The predicted octanol–water partition coefficient (Wildman–Crippen LogP) is 0.930. The molecule has 82 valence electrons. The summed E-state index contributed by atoms with van der Waals surface area (Å²) in [4.78, 5) is 0. The summed E-state index contributed by atoms with van der Waals surface area (Å²) in [6, 6.07) is 6.52. The van der Waals surface area contributed by atoms with E-state index < -0.39 is 0 Å². The van der Waals surface area contributed by atoms with Crippen LogP contribution in [0.25, 0.3) is 0 Å². The van der Waals surface area contributed by atoms with Gasteiger partial charge in [0.1, 0.15) is 5.75 Å². The summed E-state index contributed by atoms with van der Waals surface area (Å²) in [6.45, 7) is 2.73. The summed E-state index contributed by atoms with van der Waals surface area (Å²) < 4.78 is 5.47. The molecule has 0 unspecified atom stereocenters. The maximum atomic E-state index is 5.47. The summed E-state index contributed by atoms with van der Waals surface area (Å²) >= 11 is 0. The minimum atomic E-state index is 0.844. The van der Waals surface area contributed by atoms with Gasteiger partial charge in [0.05, 0.1) is 6.61 Å². The van der Waals surface area contributed by atoms with E-state index in [-0.39, 0.29) is 0 Å². The standard InChI is InChI=1S/C12H18N2O/c1-13-9-14-6-4-10-2-3-12-11(8-10)5-7-15-12/h2-3,8,13-14H,4-7,9H2,1H3. The van der Waals surface area contributed by atoms with E-state index in [0.717, 1.165) is 38.4 Å². The van der Waals surface area contributed by atoms with Gasteiger partial charge >= 0.3 is 0 Å². The second-order valence-corrected chi connectivity index (χ2v) is 3.82. The highest BCUT2D eigenvalue weighted by Crippen LogP contribution is 2.25. The molecule has 0 saturated carbocycles. The molecule has 0 aliphatic carbocycles. The average Bonchev–Trinajstić information content (AvgIpc) is 2.71. The Kier molecular flexibility index (Phi) is 3.59. The number of hydrogen-bond acceptors (Lipinski definition) is 3. The van der Waals surface area contributed by atoms with Gasteiger partial charge in [-0.25, -0.2) is 0 Å². The fourth-order valence-corrected chi connectivity index (χ4v) is 1.84. The average molecular weight is 206 g/mol. The van der Waals surface area contributed by atoms with Crippen LogP contribution >= 0.6 is 0 Å². The zero-order valence-electron chi connectivity index (χ0n) is 9.18. The molecule has 2 N–H and O–H groups in total. The molecule has 2 rings (SSSR count). The van der Waals surface area contributed by atoms with Crippen molar-refractivity contribution in [2.45, 2.75) is 12.8 Å². The van der Waals surface area contributed by atoms with Crippen LogP contribution in [0.2, 0.25) is 0 Å². The second kappa shape index (κ2) is 5.14. The Morgan fingerprint density at radius 1 is 1.40 bits per heavy atom. The van der Waals surface area contributed by atoms with Gasteiger partial charge in [-0.1, -0.05) is 12.1 Å². The maximum Gasteiger partial charge on any atom is 0.122 e. The van der Waals surface area contributed by atoms with Gasteiger partial charge in [-0.3, -0.25) is 0 Å². The third-order valence-corrected chi connectivity index (χ3v) is 2.65. The summed E-state index contributed by atoms with van der Waals surface area (Å²) in [7, 11) is 1.94. The van der Waals surface area contributed by atoms with Gasteiger partial charge in [0.2, 0.25) is 0 Å². The third kappa shape index (κ3) is 2.70. The topological polar surface area (TPSA) is 33.3 Å². The predicted molar refractivity (Wildman–Crippen MR) is 61.3 cm³/mol. The number of nitrogens with one attached hydrogen (secondary N) is 2. The van der Waals surface area contributed by atoms with Crippen LogP contribution in [0.5, 0.6) is 5.75 Å². The molecule has 1 aliphatic heterocycles. The van der Waals surface area contributed by atoms with Crippen molar-refractivity contribution in [2.24, 2.45) is 0 Å². The van der Waals surface area contributed by atoms with Crippen molar-refractivity contribution in [3.05, 3.63) is 29.3 Å². The van der Waals surface area contributed by atoms with Crippen molar-refractivity contribution < 1.29 is 4.74 Å². The van der Waals surface area contributed by atoms with Crippen LogP contribution < -0.4 is 15.4 Å². The molecule has 1 aromatic carbocycles. The highest BCUT2D eigenvalue weighted by Gasteiger charge is 2.11. The second-order valence-electron chi connectivity index (χ2n) is 3.82. The lowest BCUT2D eigenvalue weighted by Gasteiger charge is -2.05. The number of ether oxygens (including phenoxy) is 1. The Bertz CT molecular complexity index is 325. The van der Waals surface area contributed by atoms with Gasteiger partial charge < -0.3 is 15.4 Å². The number of fused-ring (bicyclic) bond motifs is 1. The van der Waals surface area contributed by atoms with Crippen LogP contribution in [0.3, 0.4) is 0 Å². The molecule has 0 amide bonds. The first-order valence-electron chi connectivity index (χ1n) is 5.50. The first-order chi connectivity index (χ1) is 7.40. The lowest BCUT2D eigenvalue weighted by molar-refractivity contribution is 0.357. The van der Waals surface area contributed by atoms with E-state index in [9.17, 15) is 0 Å². The van der Waals surface area contributed by atoms with Crippen LogP contribution in [0.4, 0.5) is 0 Å². The van der Waals surface area contributed by atoms with Crippen LogP contribution in [0.1, 0.15) is 11.1 Å². The summed E-state index contributed by atoms with van der Waals surface area (Å²) in [6.07, 6.45) is 2.14. The molecule has 15 heavy (non-hydrogen) atoms. The van der Waals surface area contributed by atoms with Crippen LogP contribution in [0.15, 0.2) is 18.2 Å². The molecule has 3 heteroatoms. The number of rotatable bonds is 5. The minimum absolute atomic E-state index is 0.844. The van der Waals surface area contributed by atoms with Gasteiger partial charge in [0.25, 0.3) is 0 Å². The normalized spacial score (nSPS) is 13.7. The van der Waals surface area contributed by atoms with Gasteiger partial charge in [0.15, 0.2) is 0 Å². The van der Waals surface area contributed by atoms with Crippen molar-refractivity contribution in [1.29, 1.82) is 0 Å². The summed E-state index contributed by atoms with van der Waals surface area (Å²) in [5.74, 6) is 1.07. The lowest BCUT2D eigenvalue weighted by atomic mass is 10.1. The lowest BCUT2D eigenvalue weighted by Crippen LogP contribution is -2.27. The largest absolute Gasteiger partial charge is 0.493 e. The van der Waals surface area contributed by atoms with E-state index in [1.807, 2.05) is 7.05 Å². The van der Waals surface area contributed by atoms with Crippen molar-refractivity contribution >= 4 is 0 Å². The third-order valence-electron chi connectivity index (χ3n) is 2.65. The molecular weight excluding hydrogens is 188 g/mol. The van der Waals surface area contributed by atoms with E-state index in [0.29, 0.717) is 0 Å². The Morgan fingerprint density at radius 2 is 2.33 bits per heavy atom. The van der Waals surface area contributed by atoms with E-state index in [2.05, 4.69) is 28.8 Å². The molecule has 0 spiro atoms. The monoisotopic (exact) mass is 206 g/mol. The molecule has 1 aliphatic rings. The Labute approximate surface area is 90.8 Å². The molecule has 0 atom stereocenters. The zero-order valence-corrected chi connectivity index (χ0v) is 9.18. The van der Waals surface area contributed by atoms with Gasteiger partial charge in [0, 0.05) is 19.6 Å². The van der Waals surface area contributed by atoms with E-state index in [4.69, 9.17) is 4.74 Å². The molecule has 0 saturated heterocycles. The molecule has 0 bridgehead atoms. The van der Waals surface area contributed by atoms with Crippen molar-refractivity contribution in [3.8, 4) is 5.75 Å². The molecular formula is C12H18N2O. The van der Waals surface area contributed by atoms with Crippen molar-refractivity contribution in [1.82, 2.24) is 10.6 Å². The van der Waals surface area contributed by atoms with Gasteiger partial charge in [-0.15, -0.1) is 0 Å². The summed E-state index contributed by atoms with van der Waals surface area (Å²) in [5.41, 5.74) is 2.75. The smallest absolute Gasteiger partial charge is 0.122 e. The fraction of sp³-hybridized carbons (Fsp3) is 0.500. The molecule has 1 heterocycles. The van der Waals surface area contributed by atoms with Crippen LogP contribution in [-0.4, -0.2) is 26.9 Å². The van der Waals surface area contributed by atoms with Crippen molar-refractivity contribution in [3.63, 3.8) is 0 Å². The van der Waals surface area contributed by atoms with E-state index in [1.54, 1.807) is 0 Å². The fourth-order valence-electron chi connectivity index (χ4n) is 1.84. The highest BCUT2D eigenvalue weighted by atomic mass is 16.5.